The second-order valence-corrected chi connectivity index (χ2v) is 6.09. The molecule has 0 radical (unpaired) electrons. The Kier molecular flexibility index (Phi) is 2.32. The fourth-order valence-corrected chi connectivity index (χ4v) is 4.10. The van der Waals surface area contributed by atoms with E-state index in [-0.39, 0.29) is 0 Å². The molecular formula is C21H17N. The molecular weight excluding hydrogens is 266 g/mol. The van der Waals surface area contributed by atoms with Gasteiger partial charge in [0.15, 0.2) is 0 Å². The summed E-state index contributed by atoms with van der Waals surface area (Å²) in [4.78, 5) is 0. The molecule has 3 aromatic carbocycles. The van der Waals surface area contributed by atoms with Crippen LogP contribution in [0.2, 0.25) is 0 Å². The maximum absolute atomic E-state index is 2.44. The van der Waals surface area contributed by atoms with Crippen molar-refractivity contribution < 1.29 is 0 Å². The van der Waals surface area contributed by atoms with Crippen LogP contribution in [0.1, 0.15) is 18.1 Å². The molecule has 5 rings (SSSR count). The SMILES string of the molecule is CCn1c2ccccc2c2c3c(ccc21)Cc1ccccc1-3. The lowest BCUT2D eigenvalue weighted by Crippen LogP contribution is -1.93. The molecule has 0 bridgehead atoms. The highest BCUT2D eigenvalue weighted by Gasteiger charge is 2.23. The summed E-state index contributed by atoms with van der Waals surface area (Å²) in [6.45, 7) is 3.23. The van der Waals surface area contributed by atoms with Crippen molar-refractivity contribution in [1.29, 1.82) is 0 Å². The van der Waals surface area contributed by atoms with Gasteiger partial charge < -0.3 is 4.57 Å². The van der Waals surface area contributed by atoms with Crippen molar-refractivity contribution in [2.45, 2.75) is 19.9 Å². The van der Waals surface area contributed by atoms with Crippen LogP contribution in [-0.4, -0.2) is 4.57 Å². The molecule has 106 valence electrons. The molecule has 0 unspecified atom stereocenters. The van der Waals surface area contributed by atoms with E-state index in [0.717, 1.165) is 13.0 Å². The zero-order valence-corrected chi connectivity index (χ0v) is 12.6. The summed E-state index contributed by atoms with van der Waals surface area (Å²) in [6.07, 6.45) is 1.06. The van der Waals surface area contributed by atoms with E-state index in [9.17, 15) is 0 Å². The molecule has 1 aromatic heterocycles. The van der Waals surface area contributed by atoms with Gasteiger partial charge >= 0.3 is 0 Å². The van der Waals surface area contributed by atoms with Crippen molar-refractivity contribution in [1.82, 2.24) is 4.57 Å². The molecule has 0 saturated heterocycles. The summed E-state index contributed by atoms with van der Waals surface area (Å²) >= 11 is 0. The summed E-state index contributed by atoms with van der Waals surface area (Å²) in [7, 11) is 0. The first-order chi connectivity index (χ1) is 10.9. The van der Waals surface area contributed by atoms with Crippen molar-refractivity contribution in [3.05, 3.63) is 71.8 Å². The second-order valence-electron chi connectivity index (χ2n) is 6.09. The molecule has 0 spiro atoms. The minimum atomic E-state index is 1.00. The lowest BCUT2D eigenvalue weighted by Gasteiger charge is -2.06. The smallest absolute Gasteiger partial charge is 0.0497 e. The highest BCUT2D eigenvalue weighted by atomic mass is 15.0. The minimum absolute atomic E-state index is 1.00. The van der Waals surface area contributed by atoms with Gasteiger partial charge in [0.25, 0.3) is 0 Å². The fraction of sp³-hybridized carbons (Fsp3) is 0.143. The van der Waals surface area contributed by atoms with Crippen molar-refractivity contribution >= 4 is 21.8 Å². The maximum Gasteiger partial charge on any atom is 0.0497 e. The number of nitrogens with zero attached hydrogens (tertiary/aromatic N) is 1. The van der Waals surface area contributed by atoms with Crippen LogP contribution in [0.25, 0.3) is 32.9 Å². The van der Waals surface area contributed by atoms with Gasteiger partial charge in [-0.1, -0.05) is 48.5 Å². The Bertz CT molecular complexity index is 1040. The van der Waals surface area contributed by atoms with Crippen LogP contribution in [0.15, 0.2) is 60.7 Å². The predicted octanol–water partition coefficient (Wildman–Crippen LogP) is 5.39. The van der Waals surface area contributed by atoms with Crippen molar-refractivity contribution in [3.8, 4) is 11.1 Å². The number of fused-ring (bicyclic) bond motifs is 7. The topological polar surface area (TPSA) is 4.93 Å². The van der Waals surface area contributed by atoms with Crippen molar-refractivity contribution in [2.24, 2.45) is 0 Å². The molecule has 1 nitrogen and oxygen atoms in total. The largest absolute Gasteiger partial charge is 0.341 e. The Morgan fingerprint density at radius 2 is 1.64 bits per heavy atom. The lowest BCUT2D eigenvalue weighted by molar-refractivity contribution is 0.827. The third-order valence-corrected chi connectivity index (χ3v) is 5.01. The van der Waals surface area contributed by atoms with Crippen molar-refractivity contribution in [2.75, 3.05) is 0 Å². The summed E-state index contributed by atoms with van der Waals surface area (Å²) in [5.41, 5.74) is 8.50. The molecule has 4 aromatic rings. The summed E-state index contributed by atoms with van der Waals surface area (Å²) in [5, 5.41) is 2.81. The number of aryl methyl sites for hydroxylation is 1. The Balaban J connectivity index is 2.03. The zero-order valence-electron chi connectivity index (χ0n) is 12.6. The Morgan fingerprint density at radius 3 is 2.55 bits per heavy atom. The van der Waals surface area contributed by atoms with E-state index in [1.165, 1.54) is 44.1 Å². The molecule has 1 aliphatic rings. The van der Waals surface area contributed by atoms with Crippen LogP contribution in [-0.2, 0) is 13.0 Å². The molecule has 0 aliphatic heterocycles. The van der Waals surface area contributed by atoms with E-state index < -0.39 is 0 Å². The highest BCUT2D eigenvalue weighted by Crippen LogP contribution is 2.44. The Hall–Kier alpha value is -2.54. The monoisotopic (exact) mass is 283 g/mol. The number of para-hydroxylation sites is 1. The molecule has 1 heteroatoms. The van der Waals surface area contributed by atoms with Gasteiger partial charge in [0.2, 0.25) is 0 Å². The van der Waals surface area contributed by atoms with Gasteiger partial charge in [0, 0.05) is 28.4 Å². The molecule has 0 fully saturated rings. The van der Waals surface area contributed by atoms with Crippen LogP contribution >= 0.6 is 0 Å². The van der Waals surface area contributed by atoms with E-state index in [1.807, 2.05) is 0 Å². The normalized spacial score (nSPS) is 12.8. The molecule has 22 heavy (non-hydrogen) atoms. The number of aromatic nitrogens is 1. The zero-order chi connectivity index (χ0) is 14.7. The molecule has 1 aliphatic carbocycles. The van der Waals surface area contributed by atoms with Gasteiger partial charge in [-0.2, -0.15) is 0 Å². The van der Waals surface area contributed by atoms with Crippen LogP contribution in [0.3, 0.4) is 0 Å². The average Bonchev–Trinajstić information content (AvgIpc) is 3.09. The van der Waals surface area contributed by atoms with Crippen LogP contribution in [0, 0.1) is 0 Å². The van der Waals surface area contributed by atoms with Gasteiger partial charge in [-0.25, -0.2) is 0 Å². The highest BCUT2D eigenvalue weighted by molar-refractivity contribution is 6.16. The third-order valence-electron chi connectivity index (χ3n) is 5.01. The summed E-state index contributed by atoms with van der Waals surface area (Å²) < 4.78 is 2.44. The van der Waals surface area contributed by atoms with E-state index >= 15 is 0 Å². The molecule has 0 atom stereocenters. The van der Waals surface area contributed by atoms with Gasteiger partial charge in [0.1, 0.15) is 0 Å². The molecule has 0 saturated carbocycles. The number of hydrogen-bond acceptors (Lipinski definition) is 0. The Morgan fingerprint density at radius 1 is 0.818 bits per heavy atom. The summed E-state index contributed by atoms with van der Waals surface area (Å²) in [6, 6.07) is 22.3. The van der Waals surface area contributed by atoms with E-state index in [4.69, 9.17) is 0 Å². The first-order valence-corrected chi connectivity index (χ1v) is 7.99. The van der Waals surface area contributed by atoms with Crippen LogP contribution in [0.5, 0.6) is 0 Å². The maximum atomic E-state index is 2.44. The first-order valence-electron chi connectivity index (χ1n) is 7.99. The third kappa shape index (κ3) is 1.38. The van der Waals surface area contributed by atoms with Crippen LogP contribution < -0.4 is 0 Å². The molecule has 0 N–H and O–H groups in total. The Labute approximate surface area is 129 Å². The molecule has 0 amide bonds. The van der Waals surface area contributed by atoms with E-state index in [1.54, 1.807) is 0 Å². The van der Waals surface area contributed by atoms with Crippen molar-refractivity contribution in [3.63, 3.8) is 0 Å². The van der Waals surface area contributed by atoms with E-state index in [2.05, 4.69) is 72.2 Å². The van der Waals surface area contributed by atoms with Crippen LogP contribution in [0.4, 0.5) is 0 Å². The number of benzene rings is 3. The molecule has 1 heterocycles. The average molecular weight is 283 g/mol. The second kappa shape index (κ2) is 4.23. The van der Waals surface area contributed by atoms with Gasteiger partial charge in [0.05, 0.1) is 0 Å². The summed E-state index contributed by atoms with van der Waals surface area (Å²) in [5.74, 6) is 0. The predicted molar refractivity (Wildman–Crippen MR) is 93.4 cm³/mol. The number of rotatable bonds is 1. The van der Waals surface area contributed by atoms with E-state index in [0.29, 0.717) is 0 Å². The number of hydrogen-bond donors (Lipinski definition) is 0. The van der Waals surface area contributed by atoms with Gasteiger partial charge in [-0.15, -0.1) is 0 Å². The standard InChI is InChI=1S/C21H17N/c1-2-22-18-10-6-5-9-17(18)21-19(22)12-11-15-13-14-7-3-4-8-16(14)20(15)21/h3-12H,2,13H2,1H3. The van der Waals surface area contributed by atoms with Gasteiger partial charge in [-0.3, -0.25) is 0 Å². The fourth-order valence-electron chi connectivity index (χ4n) is 4.10. The minimum Gasteiger partial charge on any atom is -0.341 e. The van der Waals surface area contributed by atoms with Gasteiger partial charge in [-0.05, 0) is 47.7 Å². The quantitative estimate of drug-likeness (QED) is 0.389. The lowest BCUT2D eigenvalue weighted by atomic mass is 9.99. The first kappa shape index (κ1) is 12.0.